The van der Waals surface area contributed by atoms with E-state index in [0.29, 0.717) is 23.3 Å². The van der Waals surface area contributed by atoms with Gasteiger partial charge in [0, 0.05) is 23.3 Å². The molecule has 0 aliphatic heterocycles. The summed E-state index contributed by atoms with van der Waals surface area (Å²) < 4.78 is 11.2. The average Bonchev–Trinajstić information content (AvgIpc) is 2.38. The normalized spacial score (nSPS) is 12.9. The zero-order valence-corrected chi connectivity index (χ0v) is 13.1. The number of rotatable bonds is 8. The van der Waals surface area contributed by atoms with Crippen molar-refractivity contribution < 1.29 is 9.47 Å². The van der Waals surface area contributed by atoms with Crippen molar-refractivity contribution in [3.8, 4) is 0 Å². The van der Waals surface area contributed by atoms with Crippen molar-refractivity contribution in [3.05, 3.63) is 33.8 Å². The van der Waals surface area contributed by atoms with E-state index < -0.39 is 0 Å². The first-order valence-corrected chi connectivity index (χ1v) is 7.22. The van der Waals surface area contributed by atoms with Crippen LogP contribution in [-0.2, 0) is 15.9 Å². The number of benzene rings is 1. The second-order valence-corrected chi connectivity index (χ2v) is 4.96. The fourth-order valence-corrected chi connectivity index (χ4v) is 2.35. The third-order valence-electron chi connectivity index (χ3n) is 2.82. The molecule has 0 bridgehead atoms. The van der Waals surface area contributed by atoms with Crippen molar-refractivity contribution in [2.45, 2.75) is 32.6 Å². The van der Waals surface area contributed by atoms with Gasteiger partial charge in [-0.25, -0.2) is 0 Å². The van der Waals surface area contributed by atoms with Crippen LogP contribution in [0.5, 0.6) is 0 Å². The molecule has 0 aromatic heterocycles. The molecule has 0 saturated heterocycles. The molecule has 5 heteroatoms. The van der Waals surface area contributed by atoms with E-state index in [-0.39, 0.29) is 12.3 Å². The van der Waals surface area contributed by atoms with Gasteiger partial charge in [-0.1, -0.05) is 29.3 Å². The molecule has 3 nitrogen and oxygen atoms in total. The van der Waals surface area contributed by atoms with E-state index in [2.05, 4.69) is 5.32 Å². The Kier molecular flexibility index (Phi) is 7.73. The Hall–Kier alpha value is -0.320. The molecule has 0 saturated carbocycles. The first-order valence-electron chi connectivity index (χ1n) is 6.46. The number of halogens is 2. The zero-order valence-electron chi connectivity index (χ0n) is 11.6. The standard InChI is InChI=1S/C14H21Cl2NO2/c1-4-18-14(19-5-2)13(17-3)8-10-6-7-11(15)9-12(10)16/h6-7,9,13-14,17H,4-5,8H2,1-3H3. The molecule has 0 heterocycles. The lowest BCUT2D eigenvalue weighted by molar-refractivity contribution is -0.152. The molecular weight excluding hydrogens is 285 g/mol. The van der Waals surface area contributed by atoms with Crippen molar-refractivity contribution in [2.24, 2.45) is 0 Å². The van der Waals surface area contributed by atoms with E-state index in [1.807, 2.05) is 33.0 Å². The summed E-state index contributed by atoms with van der Waals surface area (Å²) in [6, 6.07) is 5.57. The van der Waals surface area contributed by atoms with Gasteiger partial charge in [-0.2, -0.15) is 0 Å². The second kappa shape index (κ2) is 8.77. The van der Waals surface area contributed by atoms with Crippen LogP contribution in [0, 0.1) is 0 Å². The smallest absolute Gasteiger partial charge is 0.172 e. The molecule has 1 N–H and O–H groups in total. The molecule has 0 radical (unpaired) electrons. The molecule has 1 unspecified atom stereocenters. The molecule has 1 aromatic carbocycles. The molecule has 0 spiro atoms. The van der Waals surface area contributed by atoms with Crippen LogP contribution in [-0.4, -0.2) is 32.6 Å². The first-order chi connectivity index (χ1) is 9.12. The van der Waals surface area contributed by atoms with Crippen LogP contribution in [0.2, 0.25) is 10.0 Å². The van der Waals surface area contributed by atoms with Gasteiger partial charge in [-0.3, -0.25) is 0 Å². The van der Waals surface area contributed by atoms with Crippen molar-refractivity contribution in [1.82, 2.24) is 5.32 Å². The number of likely N-dealkylation sites (N-methyl/N-ethyl adjacent to an activating group) is 1. The maximum Gasteiger partial charge on any atom is 0.172 e. The van der Waals surface area contributed by atoms with Gasteiger partial charge in [0.25, 0.3) is 0 Å². The maximum atomic E-state index is 6.20. The summed E-state index contributed by atoms with van der Waals surface area (Å²) in [5.74, 6) is 0. The Morgan fingerprint density at radius 3 is 2.26 bits per heavy atom. The fourth-order valence-electron chi connectivity index (χ4n) is 1.87. The minimum Gasteiger partial charge on any atom is -0.351 e. The van der Waals surface area contributed by atoms with Crippen molar-refractivity contribution in [3.63, 3.8) is 0 Å². The van der Waals surface area contributed by atoms with E-state index in [1.54, 1.807) is 6.07 Å². The zero-order chi connectivity index (χ0) is 14.3. The van der Waals surface area contributed by atoms with Crippen molar-refractivity contribution in [2.75, 3.05) is 20.3 Å². The second-order valence-electron chi connectivity index (χ2n) is 4.11. The molecule has 1 aromatic rings. The summed E-state index contributed by atoms with van der Waals surface area (Å²) in [5.41, 5.74) is 1.02. The minimum atomic E-state index is -0.285. The Labute approximate surface area is 125 Å². The molecule has 1 rings (SSSR count). The highest BCUT2D eigenvalue weighted by Gasteiger charge is 2.22. The molecule has 19 heavy (non-hydrogen) atoms. The predicted octanol–water partition coefficient (Wildman–Crippen LogP) is 3.52. The summed E-state index contributed by atoms with van der Waals surface area (Å²) in [5, 5.41) is 4.53. The topological polar surface area (TPSA) is 30.5 Å². The summed E-state index contributed by atoms with van der Waals surface area (Å²) in [6.45, 7) is 5.12. The summed E-state index contributed by atoms with van der Waals surface area (Å²) in [7, 11) is 1.89. The van der Waals surface area contributed by atoms with Gasteiger partial charge in [0.1, 0.15) is 0 Å². The van der Waals surface area contributed by atoms with Crippen LogP contribution < -0.4 is 5.32 Å². The highest BCUT2D eigenvalue weighted by molar-refractivity contribution is 6.35. The quantitative estimate of drug-likeness (QED) is 0.745. The first kappa shape index (κ1) is 16.7. The van der Waals surface area contributed by atoms with Crippen LogP contribution in [0.15, 0.2) is 18.2 Å². The number of hydrogen-bond acceptors (Lipinski definition) is 3. The third-order valence-corrected chi connectivity index (χ3v) is 3.40. The lowest BCUT2D eigenvalue weighted by atomic mass is 10.1. The third kappa shape index (κ3) is 5.28. The van der Waals surface area contributed by atoms with Crippen LogP contribution >= 0.6 is 23.2 Å². The Morgan fingerprint density at radius 1 is 1.16 bits per heavy atom. The maximum absolute atomic E-state index is 6.20. The Balaban J connectivity index is 2.78. The lowest BCUT2D eigenvalue weighted by Crippen LogP contribution is -2.43. The predicted molar refractivity (Wildman–Crippen MR) is 80.1 cm³/mol. The Bertz CT molecular complexity index is 382. The molecule has 0 aliphatic carbocycles. The van der Waals surface area contributed by atoms with Gasteiger partial charge in [0.2, 0.25) is 0 Å². The number of ether oxygens (including phenoxy) is 2. The van der Waals surface area contributed by atoms with Crippen LogP contribution in [0.3, 0.4) is 0 Å². The molecular formula is C14H21Cl2NO2. The van der Waals surface area contributed by atoms with E-state index in [4.69, 9.17) is 32.7 Å². The molecule has 0 fully saturated rings. The van der Waals surface area contributed by atoms with E-state index >= 15 is 0 Å². The molecule has 0 aliphatic rings. The fraction of sp³-hybridized carbons (Fsp3) is 0.571. The van der Waals surface area contributed by atoms with Crippen LogP contribution in [0.25, 0.3) is 0 Å². The van der Waals surface area contributed by atoms with Gasteiger partial charge in [-0.15, -0.1) is 0 Å². The Morgan fingerprint density at radius 2 is 1.79 bits per heavy atom. The lowest BCUT2D eigenvalue weighted by Gasteiger charge is -2.26. The van der Waals surface area contributed by atoms with Crippen molar-refractivity contribution >= 4 is 23.2 Å². The molecule has 108 valence electrons. The summed E-state index contributed by atoms with van der Waals surface area (Å²) >= 11 is 12.1. The van der Waals surface area contributed by atoms with Gasteiger partial charge >= 0.3 is 0 Å². The van der Waals surface area contributed by atoms with E-state index in [9.17, 15) is 0 Å². The SMILES string of the molecule is CCOC(OCC)C(Cc1ccc(Cl)cc1Cl)NC. The highest BCUT2D eigenvalue weighted by Crippen LogP contribution is 2.23. The summed E-state index contributed by atoms with van der Waals surface area (Å²) in [6.07, 6.45) is 0.434. The van der Waals surface area contributed by atoms with Gasteiger partial charge in [0.15, 0.2) is 6.29 Å². The van der Waals surface area contributed by atoms with Gasteiger partial charge in [0.05, 0.1) is 6.04 Å². The monoisotopic (exact) mass is 305 g/mol. The number of nitrogens with one attached hydrogen (secondary N) is 1. The highest BCUT2D eigenvalue weighted by atomic mass is 35.5. The van der Waals surface area contributed by atoms with E-state index in [0.717, 1.165) is 12.0 Å². The van der Waals surface area contributed by atoms with Crippen molar-refractivity contribution in [1.29, 1.82) is 0 Å². The number of hydrogen-bond donors (Lipinski definition) is 1. The largest absolute Gasteiger partial charge is 0.351 e. The molecule has 0 amide bonds. The summed E-state index contributed by atoms with van der Waals surface area (Å²) in [4.78, 5) is 0. The minimum absolute atomic E-state index is 0.0403. The van der Waals surface area contributed by atoms with Gasteiger partial charge < -0.3 is 14.8 Å². The average molecular weight is 306 g/mol. The van der Waals surface area contributed by atoms with Crippen LogP contribution in [0.4, 0.5) is 0 Å². The van der Waals surface area contributed by atoms with Crippen LogP contribution in [0.1, 0.15) is 19.4 Å². The van der Waals surface area contributed by atoms with E-state index in [1.165, 1.54) is 0 Å². The van der Waals surface area contributed by atoms with Gasteiger partial charge in [-0.05, 0) is 45.0 Å². The molecule has 1 atom stereocenters.